The van der Waals surface area contributed by atoms with Crippen LogP contribution in [0.3, 0.4) is 0 Å². The number of benzene rings is 1. The number of hydrogen-bond donors (Lipinski definition) is 0. The van der Waals surface area contributed by atoms with Crippen molar-refractivity contribution in [2.45, 2.75) is 96.5 Å². The first kappa shape index (κ1) is 31.6. The molecule has 6 rings (SSSR count). The second kappa shape index (κ2) is 12.8. The van der Waals surface area contributed by atoms with E-state index in [1.54, 1.807) is 14.3 Å². The van der Waals surface area contributed by atoms with E-state index in [1.807, 2.05) is 63.4 Å². The zero-order valence-corrected chi connectivity index (χ0v) is 27.3. The summed E-state index contributed by atoms with van der Waals surface area (Å²) in [5, 5.41) is 4.68. The van der Waals surface area contributed by atoms with Gasteiger partial charge in [-0.25, -0.2) is 19.4 Å². The lowest BCUT2D eigenvalue weighted by atomic mass is 10.0. The Kier molecular flexibility index (Phi) is 8.80. The number of piperidine rings is 1. The van der Waals surface area contributed by atoms with Gasteiger partial charge in [0.15, 0.2) is 5.65 Å². The van der Waals surface area contributed by atoms with Gasteiger partial charge < -0.3 is 24.0 Å². The SMILES string of the molecule is CC(C)c1cnn2c(N(C(=O)OC(C)(C)C)C3CCN(C(=O)OC4CN(C(=O)OCc5ccccc5)C4)CC3)cc(C3CC3)nc12. The van der Waals surface area contributed by atoms with Gasteiger partial charge in [-0.2, -0.15) is 9.61 Å². The molecule has 2 saturated heterocycles. The van der Waals surface area contributed by atoms with E-state index in [0.717, 1.165) is 35.3 Å². The maximum atomic E-state index is 13.9. The lowest BCUT2D eigenvalue weighted by Gasteiger charge is -2.41. The third-order valence-electron chi connectivity index (χ3n) is 8.62. The minimum Gasteiger partial charge on any atom is -0.445 e. The highest BCUT2D eigenvalue weighted by atomic mass is 16.6. The van der Waals surface area contributed by atoms with Crippen molar-refractivity contribution >= 4 is 29.7 Å². The quantitative estimate of drug-likeness (QED) is 0.287. The molecule has 0 radical (unpaired) electrons. The summed E-state index contributed by atoms with van der Waals surface area (Å²) in [6.45, 7) is 11.4. The minimum absolute atomic E-state index is 0.197. The summed E-state index contributed by atoms with van der Waals surface area (Å²) in [6.07, 6.45) is 3.40. The van der Waals surface area contributed by atoms with Crippen LogP contribution in [0.1, 0.15) is 89.0 Å². The van der Waals surface area contributed by atoms with Crippen molar-refractivity contribution in [1.82, 2.24) is 24.4 Å². The number of aromatic nitrogens is 3. The number of fused-ring (bicyclic) bond motifs is 1. The highest BCUT2D eigenvalue weighted by Crippen LogP contribution is 2.41. The Morgan fingerprint density at radius 3 is 2.30 bits per heavy atom. The van der Waals surface area contributed by atoms with Gasteiger partial charge in [0, 0.05) is 42.4 Å². The van der Waals surface area contributed by atoms with Crippen LogP contribution < -0.4 is 4.90 Å². The van der Waals surface area contributed by atoms with E-state index in [4.69, 9.17) is 19.2 Å². The molecule has 1 aliphatic carbocycles. The summed E-state index contributed by atoms with van der Waals surface area (Å²) >= 11 is 0. The van der Waals surface area contributed by atoms with Gasteiger partial charge in [-0.1, -0.05) is 44.2 Å². The maximum absolute atomic E-state index is 13.9. The Labute approximate surface area is 269 Å². The van der Waals surface area contributed by atoms with E-state index in [1.165, 1.54) is 4.90 Å². The van der Waals surface area contributed by atoms with Crippen molar-refractivity contribution in [1.29, 1.82) is 0 Å². The van der Waals surface area contributed by atoms with Crippen molar-refractivity contribution < 1.29 is 28.6 Å². The molecule has 1 aromatic carbocycles. The maximum Gasteiger partial charge on any atom is 0.416 e. The zero-order chi connectivity index (χ0) is 32.6. The van der Waals surface area contributed by atoms with Crippen molar-refractivity contribution in [2.24, 2.45) is 0 Å². The number of ether oxygens (including phenoxy) is 3. The second-order valence-corrected chi connectivity index (χ2v) is 13.8. The highest BCUT2D eigenvalue weighted by molar-refractivity contribution is 5.88. The summed E-state index contributed by atoms with van der Waals surface area (Å²) in [7, 11) is 0. The molecule has 2 aliphatic heterocycles. The molecule has 246 valence electrons. The normalized spacial score (nSPS) is 17.6. The largest absolute Gasteiger partial charge is 0.445 e. The zero-order valence-electron chi connectivity index (χ0n) is 27.3. The number of amides is 3. The van der Waals surface area contributed by atoms with Crippen LogP contribution in [0.5, 0.6) is 0 Å². The van der Waals surface area contributed by atoms with Crippen LogP contribution in [0, 0.1) is 0 Å². The summed E-state index contributed by atoms with van der Waals surface area (Å²) in [6, 6.07) is 11.3. The average Bonchev–Trinajstić information content (AvgIpc) is 3.75. The van der Waals surface area contributed by atoms with Gasteiger partial charge in [0.2, 0.25) is 0 Å². The monoisotopic (exact) mass is 632 g/mol. The highest BCUT2D eigenvalue weighted by Gasteiger charge is 2.39. The fourth-order valence-electron chi connectivity index (χ4n) is 5.89. The Morgan fingerprint density at radius 1 is 0.978 bits per heavy atom. The lowest BCUT2D eigenvalue weighted by Crippen LogP contribution is -2.57. The van der Waals surface area contributed by atoms with Crippen molar-refractivity contribution in [3.05, 3.63) is 59.4 Å². The molecule has 1 saturated carbocycles. The number of anilines is 1. The van der Waals surface area contributed by atoms with Crippen LogP contribution in [0.25, 0.3) is 5.65 Å². The van der Waals surface area contributed by atoms with E-state index in [-0.39, 0.29) is 24.7 Å². The molecule has 3 aliphatic rings. The molecule has 2 aromatic heterocycles. The predicted molar refractivity (Wildman–Crippen MR) is 171 cm³/mol. The summed E-state index contributed by atoms with van der Waals surface area (Å²) in [5.41, 5.74) is 2.99. The van der Waals surface area contributed by atoms with Crippen LogP contribution in [0.4, 0.5) is 20.2 Å². The van der Waals surface area contributed by atoms with Crippen molar-refractivity contribution in [3.63, 3.8) is 0 Å². The van der Waals surface area contributed by atoms with E-state index in [9.17, 15) is 14.4 Å². The smallest absolute Gasteiger partial charge is 0.416 e. The Bertz CT molecular complexity index is 1570. The standard InChI is InChI=1S/C34H44N6O6/c1-22(2)27-18-35-40-29(17-28(24-11-12-24)36-30(27)40)39(33(43)46-34(3,4)5)25-13-15-37(16-14-25)32(42)45-26-19-38(20-26)31(41)44-21-23-9-7-6-8-10-23/h6-10,17-18,22,24-26H,11-16,19-21H2,1-5H3. The second-order valence-electron chi connectivity index (χ2n) is 13.8. The van der Waals surface area contributed by atoms with Gasteiger partial charge >= 0.3 is 18.3 Å². The van der Waals surface area contributed by atoms with Gasteiger partial charge in [-0.15, -0.1) is 0 Å². The summed E-state index contributed by atoms with van der Waals surface area (Å²) < 4.78 is 18.8. The molecule has 0 N–H and O–H groups in total. The molecule has 3 fully saturated rings. The van der Waals surface area contributed by atoms with E-state index >= 15 is 0 Å². The first-order chi connectivity index (χ1) is 22.0. The number of nitrogens with zero attached hydrogens (tertiary/aromatic N) is 6. The van der Waals surface area contributed by atoms with E-state index in [2.05, 4.69) is 18.9 Å². The molecule has 0 bridgehead atoms. The van der Waals surface area contributed by atoms with Gasteiger partial charge in [0.25, 0.3) is 0 Å². The van der Waals surface area contributed by atoms with E-state index < -0.39 is 23.9 Å². The van der Waals surface area contributed by atoms with Crippen LogP contribution in [0.2, 0.25) is 0 Å². The Hall–Kier alpha value is -4.35. The number of carbonyl (C=O) groups excluding carboxylic acids is 3. The van der Waals surface area contributed by atoms with Crippen LogP contribution in [-0.2, 0) is 20.8 Å². The van der Waals surface area contributed by atoms with E-state index in [0.29, 0.717) is 50.8 Å². The molecule has 46 heavy (non-hydrogen) atoms. The molecule has 0 unspecified atom stereocenters. The first-order valence-electron chi connectivity index (χ1n) is 16.3. The van der Waals surface area contributed by atoms with Crippen LogP contribution in [0.15, 0.2) is 42.6 Å². The lowest BCUT2D eigenvalue weighted by molar-refractivity contribution is -0.0284. The predicted octanol–water partition coefficient (Wildman–Crippen LogP) is 6.09. The summed E-state index contributed by atoms with van der Waals surface area (Å²) in [5.74, 6) is 1.24. The van der Waals surface area contributed by atoms with Gasteiger partial charge in [0.05, 0.1) is 19.3 Å². The van der Waals surface area contributed by atoms with Gasteiger partial charge in [0.1, 0.15) is 24.1 Å². The van der Waals surface area contributed by atoms with Crippen LogP contribution in [-0.4, -0.2) is 86.6 Å². The molecular weight excluding hydrogens is 588 g/mol. The molecular formula is C34H44N6O6. The summed E-state index contributed by atoms with van der Waals surface area (Å²) in [4.78, 5) is 49.2. The van der Waals surface area contributed by atoms with Gasteiger partial charge in [-0.3, -0.25) is 4.90 Å². The third kappa shape index (κ3) is 7.05. The van der Waals surface area contributed by atoms with Crippen molar-refractivity contribution in [3.8, 4) is 0 Å². The Morgan fingerprint density at radius 2 is 1.67 bits per heavy atom. The molecule has 4 heterocycles. The molecule has 3 amide bonds. The fraction of sp³-hybridized carbons (Fsp3) is 0.559. The molecule has 12 heteroatoms. The molecule has 12 nitrogen and oxygen atoms in total. The van der Waals surface area contributed by atoms with Crippen LogP contribution >= 0.6 is 0 Å². The molecule has 0 atom stereocenters. The first-order valence-corrected chi connectivity index (χ1v) is 16.3. The topological polar surface area (TPSA) is 119 Å². The molecule has 0 spiro atoms. The Balaban J connectivity index is 1.10. The fourth-order valence-corrected chi connectivity index (χ4v) is 5.89. The number of carbonyl (C=O) groups is 3. The molecule has 3 aromatic rings. The average molecular weight is 633 g/mol. The minimum atomic E-state index is -0.691. The van der Waals surface area contributed by atoms with Gasteiger partial charge in [-0.05, 0) is 57.9 Å². The number of likely N-dealkylation sites (tertiary alicyclic amines) is 2. The number of rotatable bonds is 7. The third-order valence-corrected chi connectivity index (χ3v) is 8.62. The van der Waals surface area contributed by atoms with Crippen molar-refractivity contribution in [2.75, 3.05) is 31.1 Å². The number of hydrogen-bond acceptors (Lipinski definition) is 8.